The van der Waals surface area contributed by atoms with Gasteiger partial charge >= 0.3 is 5.97 Å². The number of allylic oxidation sites excluding steroid dienone is 2. The lowest BCUT2D eigenvalue weighted by atomic mass is 9.40. The molecule has 0 heterocycles. The van der Waals surface area contributed by atoms with Gasteiger partial charge in [0.1, 0.15) is 0 Å². The molecule has 4 nitrogen and oxygen atoms in total. The van der Waals surface area contributed by atoms with E-state index in [1.807, 2.05) is 6.08 Å². The summed E-state index contributed by atoms with van der Waals surface area (Å²) in [6.07, 6.45) is 9.61. The van der Waals surface area contributed by atoms with Crippen molar-refractivity contribution in [2.75, 3.05) is 0 Å². The highest BCUT2D eigenvalue weighted by atomic mass is 16.6. The first-order chi connectivity index (χ1) is 13.6. The summed E-state index contributed by atoms with van der Waals surface area (Å²) in [4.78, 5) is 37.2. The van der Waals surface area contributed by atoms with Crippen molar-refractivity contribution in [3.05, 3.63) is 11.6 Å². The highest BCUT2D eigenvalue weighted by Crippen LogP contribution is 2.67. The van der Waals surface area contributed by atoms with Crippen LogP contribution in [-0.4, -0.2) is 23.1 Å². The Morgan fingerprint density at radius 1 is 1.00 bits per heavy atom. The van der Waals surface area contributed by atoms with Crippen molar-refractivity contribution in [3.8, 4) is 0 Å². The largest absolute Gasteiger partial charge is 0.450 e. The SMILES string of the molecule is CC(=O)O[C@]1(C(C)=O)[C@H](C)CC[C@H]2[C@@H]3CCC4=CC(=O)CC[C@]4(C)[C@H]3CC[C@@]21C. The molecule has 7 atom stereocenters. The van der Waals surface area contributed by atoms with Crippen LogP contribution in [0.2, 0.25) is 0 Å². The zero-order chi connectivity index (χ0) is 21.2. The Morgan fingerprint density at radius 2 is 1.72 bits per heavy atom. The monoisotopic (exact) mass is 400 g/mol. The van der Waals surface area contributed by atoms with E-state index in [1.54, 1.807) is 6.92 Å². The van der Waals surface area contributed by atoms with Gasteiger partial charge in [0.15, 0.2) is 17.2 Å². The van der Waals surface area contributed by atoms with E-state index in [0.29, 0.717) is 24.2 Å². The number of rotatable bonds is 2. The van der Waals surface area contributed by atoms with E-state index in [0.717, 1.165) is 44.9 Å². The summed E-state index contributed by atoms with van der Waals surface area (Å²) in [5.74, 6) is 1.48. The van der Waals surface area contributed by atoms with E-state index in [1.165, 1.54) is 12.5 Å². The standard InChI is InChI=1S/C25H36O4/c1-15-6-9-22-20-8-7-18-14-19(28)10-12-23(18,4)21(20)11-13-24(22,5)25(15,16(2)26)29-17(3)27/h14-15,20-22H,6-13H2,1-5H3/t15-,20-,21+,22+,23+,24+,25+/m1/s1. The third kappa shape index (κ3) is 2.73. The van der Waals surface area contributed by atoms with Crippen LogP contribution in [-0.2, 0) is 19.1 Å². The average Bonchev–Trinajstić information content (AvgIpc) is 2.64. The van der Waals surface area contributed by atoms with Gasteiger partial charge in [-0.1, -0.05) is 26.3 Å². The van der Waals surface area contributed by atoms with Crippen molar-refractivity contribution in [1.82, 2.24) is 0 Å². The minimum atomic E-state index is -1.01. The van der Waals surface area contributed by atoms with Crippen molar-refractivity contribution in [3.63, 3.8) is 0 Å². The first-order valence-electron chi connectivity index (χ1n) is 11.5. The molecule has 0 bridgehead atoms. The number of hydrogen-bond acceptors (Lipinski definition) is 4. The van der Waals surface area contributed by atoms with Crippen molar-refractivity contribution in [2.24, 2.45) is 34.5 Å². The number of carbonyl (C=O) groups is 3. The van der Waals surface area contributed by atoms with Crippen LogP contribution in [0.1, 0.15) is 86.0 Å². The van der Waals surface area contributed by atoms with Crippen LogP contribution in [0.3, 0.4) is 0 Å². The fourth-order valence-electron chi connectivity index (χ4n) is 8.33. The number of Topliss-reactive ketones (excluding diaryl/α,β-unsaturated/α-hetero) is 1. The lowest BCUT2D eigenvalue weighted by molar-refractivity contribution is -0.227. The second-order valence-electron chi connectivity index (χ2n) is 10.8. The minimum absolute atomic E-state index is 0.0109. The third-order valence-corrected chi connectivity index (χ3v) is 9.63. The topological polar surface area (TPSA) is 60.4 Å². The number of ketones is 2. The molecule has 4 aliphatic carbocycles. The van der Waals surface area contributed by atoms with Crippen molar-refractivity contribution < 1.29 is 19.1 Å². The van der Waals surface area contributed by atoms with Crippen LogP contribution in [0.25, 0.3) is 0 Å². The van der Waals surface area contributed by atoms with Crippen molar-refractivity contribution >= 4 is 17.5 Å². The van der Waals surface area contributed by atoms with Gasteiger partial charge in [0.25, 0.3) is 0 Å². The van der Waals surface area contributed by atoms with E-state index < -0.39 is 5.60 Å². The first-order valence-corrected chi connectivity index (χ1v) is 11.5. The number of hydrogen-bond donors (Lipinski definition) is 0. The highest BCUT2D eigenvalue weighted by molar-refractivity contribution is 5.91. The zero-order valence-electron chi connectivity index (χ0n) is 18.7. The number of esters is 1. The summed E-state index contributed by atoms with van der Waals surface area (Å²) in [5, 5.41) is 0. The molecular weight excluding hydrogens is 364 g/mol. The first kappa shape index (κ1) is 20.8. The van der Waals surface area contributed by atoms with Gasteiger partial charge in [0.2, 0.25) is 0 Å². The molecule has 0 aliphatic heterocycles. The predicted octanol–water partition coefficient (Wildman–Crippen LogP) is 5.05. The average molecular weight is 401 g/mol. The van der Waals surface area contributed by atoms with E-state index in [4.69, 9.17) is 4.74 Å². The van der Waals surface area contributed by atoms with Crippen molar-refractivity contribution in [2.45, 2.75) is 91.6 Å². The molecule has 0 N–H and O–H groups in total. The summed E-state index contributed by atoms with van der Waals surface area (Å²) < 4.78 is 6.01. The smallest absolute Gasteiger partial charge is 0.303 e. The maximum Gasteiger partial charge on any atom is 0.303 e. The van der Waals surface area contributed by atoms with E-state index >= 15 is 0 Å². The molecule has 0 saturated heterocycles. The molecular formula is C25H36O4. The summed E-state index contributed by atoms with van der Waals surface area (Å²) in [6, 6.07) is 0. The van der Waals surface area contributed by atoms with Crippen LogP contribution < -0.4 is 0 Å². The van der Waals surface area contributed by atoms with Crippen LogP contribution in [0, 0.1) is 34.5 Å². The second kappa shape index (κ2) is 6.78. The maximum atomic E-state index is 13.1. The fourth-order valence-corrected chi connectivity index (χ4v) is 8.33. The summed E-state index contributed by atoms with van der Waals surface area (Å²) in [7, 11) is 0. The number of fused-ring (bicyclic) bond motifs is 5. The zero-order valence-corrected chi connectivity index (χ0v) is 18.7. The Kier molecular flexibility index (Phi) is 4.87. The Balaban J connectivity index is 1.75. The summed E-state index contributed by atoms with van der Waals surface area (Å²) in [6.45, 7) is 9.75. The third-order valence-electron chi connectivity index (χ3n) is 9.63. The molecule has 160 valence electrons. The van der Waals surface area contributed by atoms with E-state index in [2.05, 4.69) is 20.8 Å². The van der Waals surface area contributed by atoms with Crippen LogP contribution in [0.4, 0.5) is 0 Å². The molecule has 0 aromatic carbocycles. The maximum absolute atomic E-state index is 13.1. The molecule has 3 fully saturated rings. The molecule has 4 heteroatoms. The van der Waals surface area contributed by atoms with Crippen LogP contribution in [0.15, 0.2) is 11.6 Å². The quantitative estimate of drug-likeness (QED) is 0.609. The molecule has 0 aromatic heterocycles. The summed E-state index contributed by atoms with van der Waals surface area (Å²) >= 11 is 0. The van der Waals surface area contributed by atoms with Crippen molar-refractivity contribution in [1.29, 1.82) is 0 Å². The van der Waals surface area contributed by atoms with E-state index in [9.17, 15) is 14.4 Å². The highest BCUT2D eigenvalue weighted by Gasteiger charge is 2.67. The Bertz CT molecular complexity index is 782. The Hall–Kier alpha value is -1.45. The Labute approximate surface area is 174 Å². The van der Waals surface area contributed by atoms with Gasteiger partial charge < -0.3 is 4.74 Å². The lowest BCUT2D eigenvalue weighted by Crippen LogP contribution is -2.67. The van der Waals surface area contributed by atoms with Crippen LogP contribution in [0.5, 0.6) is 0 Å². The predicted molar refractivity (Wildman–Crippen MR) is 111 cm³/mol. The molecule has 4 rings (SSSR count). The molecule has 4 aliphatic rings. The van der Waals surface area contributed by atoms with Gasteiger partial charge in [0.05, 0.1) is 0 Å². The number of ether oxygens (including phenoxy) is 1. The molecule has 0 aromatic rings. The van der Waals surface area contributed by atoms with E-state index in [-0.39, 0.29) is 34.3 Å². The number of carbonyl (C=O) groups excluding carboxylic acids is 3. The second-order valence-corrected chi connectivity index (χ2v) is 10.8. The molecule has 29 heavy (non-hydrogen) atoms. The molecule has 0 amide bonds. The molecule has 0 radical (unpaired) electrons. The van der Waals surface area contributed by atoms with Gasteiger partial charge in [-0.15, -0.1) is 0 Å². The van der Waals surface area contributed by atoms with Gasteiger partial charge in [-0.3, -0.25) is 14.4 Å². The minimum Gasteiger partial charge on any atom is -0.450 e. The molecule has 3 saturated carbocycles. The van der Waals surface area contributed by atoms with Crippen LogP contribution >= 0.6 is 0 Å². The molecule has 0 spiro atoms. The van der Waals surface area contributed by atoms with Gasteiger partial charge in [0, 0.05) is 24.7 Å². The molecule has 0 unspecified atom stereocenters. The Morgan fingerprint density at radius 3 is 2.38 bits per heavy atom. The van der Waals surface area contributed by atoms with Gasteiger partial charge in [-0.05, 0) is 81.1 Å². The fraction of sp³-hybridized carbons (Fsp3) is 0.800. The summed E-state index contributed by atoms with van der Waals surface area (Å²) in [5.41, 5.74) is 0.153. The van der Waals surface area contributed by atoms with Gasteiger partial charge in [-0.25, -0.2) is 0 Å². The normalized spacial score (nSPS) is 46.7. The van der Waals surface area contributed by atoms with Gasteiger partial charge in [-0.2, -0.15) is 0 Å². The lowest BCUT2D eigenvalue weighted by Gasteiger charge is -2.65.